The first-order valence-electron chi connectivity index (χ1n) is 7.62. The fraction of sp³-hybridized carbons (Fsp3) is 0.385. The van der Waals surface area contributed by atoms with Gasteiger partial charge in [-0.3, -0.25) is 24.1 Å². The van der Waals surface area contributed by atoms with Gasteiger partial charge in [0.2, 0.25) is 0 Å². The number of nitrogens with zero attached hydrogens (tertiary/aromatic N) is 1. The van der Waals surface area contributed by atoms with Crippen LogP contribution in [0.3, 0.4) is 0 Å². The molecule has 1 heterocycles. The van der Waals surface area contributed by atoms with Gasteiger partial charge in [0.05, 0.1) is 0 Å². The zero-order valence-corrected chi connectivity index (χ0v) is 17.2. The van der Waals surface area contributed by atoms with E-state index in [0.717, 1.165) is 10.0 Å². The molecule has 0 saturated carbocycles. The van der Waals surface area contributed by atoms with E-state index in [9.17, 15) is 22.6 Å². The molecular formula is C13H18BrN4O7PS. The van der Waals surface area contributed by atoms with E-state index in [-0.39, 0.29) is 19.6 Å². The summed E-state index contributed by atoms with van der Waals surface area (Å²) in [6.45, 7) is -0.120. The van der Waals surface area contributed by atoms with Crippen molar-refractivity contribution in [3.05, 3.63) is 34.3 Å². The van der Waals surface area contributed by atoms with Gasteiger partial charge in [-0.15, -0.1) is 4.49 Å². The molecule has 0 bridgehead atoms. The maximum atomic E-state index is 12.4. The van der Waals surface area contributed by atoms with Crippen molar-refractivity contribution >= 4 is 45.8 Å². The minimum atomic E-state index is -4.88. The van der Waals surface area contributed by atoms with Crippen LogP contribution in [-0.2, 0) is 31.0 Å². The molecular weight excluding hydrogens is 467 g/mol. The smallest absolute Gasteiger partial charge is 0.408 e. The third kappa shape index (κ3) is 6.55. The molecule has 1 aromatic carbocycles. The largest absolute Gasteiger partial charge is 0.445 e. The molecule has 11 nitrogen and oxygen atoms in total. The molecule has 150 valence electrons. The summed E-state index contributed by atoms with van der Waals surface area (Å²) in [5.74, 6) is -0.844. The highest BCUT2D eigenvalue weighted by Gasteiger charge is 2.40. The Morgan fingerprint density at radius 1 is 1.41 bits per heavy atom. The van der Waals surface area contributed by atoms with Gasteiger partial charge < -0.3 is 10.1 Å². The van der Waals surface area contributed by atoms with E-state index in [2.05, 4.69) is 21.2 Å². The fourth-order valence-corrected chi connectivity index (χ4v) is 5.27. The molecule has 0 spiro atoms. The van der Waals surface area contributed by atoms with E-state index in [0.29, 0.717) is 11.1 Å². The molecule has 1 aliphatic heterocycles. The number of halogens is 1. The lowest BCUT2D eigenvalue weighted by atomic mass is 10.1. The van der Waals surface area contributed by atoms with E-state index in [4.69, 9.17) is 14.8 Å². The lowest BCUT2D eigenvalue weighted by Gasteiger charge is -2.35. The normalized spacial score (nSPS) is 20.0. The fourth-order valence-electron chi connectivity index (χ4n) is 2.42. The number of rotatable bonds is 6. The molecule has 0 aromatic heterocycles. The number of nitrogens with two attached hydrogens (primary N) is 1. The molecule has 1 aliphatic rings. The van der Waals surface area contributed by atoms with Crippen molar-refractivity contribution in [1.82, 2.24) is 14.5 Å². The lowest BCUT2D eigenvalue weighted by molar-refractivity contribution is -0.130. The molecule has 14 heteroatoms. The molecule has 27 heavy (non-hydrogen) atoms. The summed E-state index contributed by atoms with van der Waals surface area (Å²) in [5.41, 5.74) is 6.10. The predicted molar refractivity (Wildman–Crippen MR) is 98.7 cm³/mol. The molecule has 1 aromatic rings. The van der Waals surface area contributed by atoms with Crippen molar-refractivity contribution in [2.45, 2.75) is 25.5 Å². The van der Waals surface area contributed by atoms with Gasteiger partial charge in [0.1, 0.15) is 12.6 Å². The number of carbonyl (C=O) groups is 2. The Kier molecular flexibility index (Phi) is 7.00. The first-order valence-corrected chi connectivity index (χ1v) is 11.6. The van der Waals surface area contributed by atoms with E-state index < -0.39 is 35.9 Å². The van der Waals surface area contributed by atoms with Crippen LogP contribution in [0.1, 0.15) is 18.4 Å². The summed E-state index contributed by atoms with van der Waals surface area (Å²) in [7, 11) is -9.28. The van der Waals surface area contributed by atoms with E-state index in [1.165, 1.54) is 4.49 Å². The van der Waals surface area contributed by atoms with Crippen molar-refractivity contribution in [2.24, 2.45) is 5.50 Å². The standard InChI is InChI=1S/C13H18BrN4O7PS/c14-10-5-3-9(4-6-10)8-25-13(20)16-11-2-1-7-18(12(11)19)26(15,21)17-27(22,23)24/h3-6,11H,1-2,7-8H2,(H,16,20)(H3,15,17,21)(H,22,23,24)/t11-,26?/m0/s1. The third-order valence-corrected chi connectivity index (χ3v) is 7.21. The first-order chi connectivity index (χ1) is 12.5. The maximum Gasteiger partial charge on any atom is 0.408 e. The van der Waals surface area contributed by atoms with Crippen molar-refractivity contribution in [2.75, 3.05) is 6.54 Å². The second kappa shape index (κ2) is 8.67. The van der Waals surface area contributed by atoms with Gasteiger partial charge in [0.15, 0.2) is 0 Å². The van der Waals surface area contributed by atoms with Gasteiger partial charge in [-0.05, 0) is 30.5 Å². The summed E-state index contributed by atoms with van der Waals surface area (Å²) in [6, 6.07) is 5.96. The van der Waals surface area contributed by atoms with Crippen molar-refractivity contribution in [1.29, 1.82) is 0 Å². The summed E-state index contributed by atoms with van der Waals surface area (Å²) >= 11 is 3.28. The van der Waals surface area contributed by atoms with E-state index in [1.54, 1.807) is 24.3 Å². The van der Waals surface area contributed by atoms with Crippen LogP contribution in [0, 0.1) is 0 Å². The highest BCUT2D eigenvalue weighted by molar-refractivity contribution is 9.10. The van der Waals surface area contributed by atoms with Gasteiger partial charge in [-0.1, -0.05) is 28.1 Å². The number of alkyl carbamates (subject to hydrolysis) is 1. The van der Waals surface area contributed by atoms with Gasteiger partial charge in [-0.25, -0.2) is 4.79 Å². The Balaban J connectivity index is 1.95. The minimum absolute atomic E-state index is 0.0244. The summed E-state index contributed by atoms with van der Waals surface area (Å²) in [5, 5.41) is 2.34. The average Bonchev–Trinajstić information content (AvgIpc) is 2.54. The number of nitrogens with one attached hydrogen (secondary N) is 2. The van der Waals surface area contributed by atoms with Crippen LogP contribution in [0.15, 0.2) is 28.7 Å². The average molecular weight is 485 g/mol. The molecule has 2 rings (SSSR count). The second-order valence-corrected chi connectivity index (χ2v) is 10.0. The van der Waals surface area contributed by atoms with Crippen molar-refractivity contribution in [3.63, 3.8) is 0 Å². The topological polar surface area (TPSA) is 168 Å². The number of piperidine rings is 1. The number of hydrogen-bond donors (Lipinski definition) is 4. The number of carbonyl (C=O) groups excluding carboxylic acids is 2. The summed E-state index contributed by atoms with van der Waals surface area (Å²) < 4.78 is 50.6. The molecule has 2 amide bonds. The molecule has 2 atom stereocenters. The Morgan fingerprint density at radius 2 is 2.04 bits per heavy atom. The van der Waals surface area contributed by atoms with Crippen LogP contribution in [0.5, 0.6) is 0 Å². The Hall–Kier alpha value is -1.50. The van der Waals surface area contributed by atoms with Crippen LogP contribution >= 0.6 is 23.5 Å². The number of hydrogen-bond acceptors (Lipinski definition) is 6. The lowest BCUT2D eigenvalue weighted by Crippen LogP contribution is -2.53. The molecule has 5 N–H and O–H groups in total. The van der Waals surface area contributed by atoms with Gasteiger partial charge in [0, 0.05) is 11.0 Å². The SMILES string of the molecule is NP(=O)(NS(=O)(=O)O)N1CCC[C@H](NC(=O)OCc2ccc(Br)cc2)C1=O. The Morgan fingerprint density at radius 3 is 2.63 bits per heavy atom. The highest BCUT2D eigenvalue weighted by Crippen LogP contribution is 2.40. The van der Waals surface area contributed by atoms with Gasteiger partial charge in [0.25, 0.3) is 5.91 Å². The molecule has 0 aliphatic carbocycles. The zero-order chi connectivity index (χ0) is 20.2. The van der Waals surface area contributed by atoms with Crippen LogP contribution in [-0.4, -0.2) is 42.2 Å². The van der Waals surface area contributed by atoms with Gasteiger partial charge >= 0.3 is 24.0 Å². The van der Waals surface area contributed by atoms with Crippen LogP contribution < -0.4 is 15.3 Å². The number of amides is 2. The van der Waals surface area contributed by atoms with Gasteiger partial charge in [-0.2, -0.15) is 8.42 Å². The monoisotopic (exact) mass is 484 g/mol. The Bertz CT molecular complexity index is 864. The molecule has 1 saturated heterocycles. The molecule has 1 fully saturated rings. The van der Waals surface area contributed by atoms with E-state index >= 15 is 0 Å². The van der Waals surface area contributed by atoms with Crippen molar-refractivity contribution < 1.29 is 31.9 Å². The molecule has 0 radical (unpaired) electrons. The van der Waals surface area contributed by atoms with Crippen molar-refractivity contribution in [3.8, 4) is 0 Å². The van der Waals surface area contributed by atoms with Crippen LogP contribution in [0.2, 0.25) is 0 Å². The third-order valence-electron chi connectivity index (χ3n) is 3.60. The highest BCUT2D eigenvalue weighted by atomic mass is 79.9. The Labute approximate surface area is 164 Å². The zero-order valence-electron chi connectivity index (χ0n) is 13.9. The number of ether oxygens (including phenoxy) is 1. The summed E-state index contributed by atoms with van der Waals surface area (Å²) in [6.07, 6.45) is -0.334. The minimum Gasteiger partial charge on any atom is -0.445 e. The summed E-state index contributed by atoms with van der Waals surface area (Å²) in [4.78, 5) is 24.3. The van der Waals surface area contributed by atoms with Crippen LogP contribution in [0.4, 0.5) is 4.79 Å². The van der Waals surface area contributed by atoms with Crippen LogP contribution in [0.25, 0.3) is 0 Å². The second-order valence-electron chi connectivity index (χ2n) is 5.69. The predicted octanol–water partition coefficient (Wildman–Crippen LogP) is 1.13. The number of benzene rings is 1. The quantitative estimate of drug-likeness (QED) is 0.344. The molecule has 1 unspecified atom stereocenters. The van der Waals surface area contributed by atoms with E-state index in [1.807, 2.05) is 0 Å². The first kappa shape index (κ1) is 21.8. The maximum absolute atomic E-state index is 12.4.